The number of benzene rings is 1. The fourth-order valence-corrected chi connectivity index (χ4v) is 3.40. The smallest absolute Gasteiger partial charge is 0.341 e. The minimum atomic E-state index is -0.802. The summed E-state index contributed by atoms with van der Waals surface area (Å²) >= 11 is 0. The van der Waals surface area contributed by atoms with Gasteiger partial charge in [0.25, 0.3) is 5.91 Å². The van der Waals surface area contributed by atoms with Gasteiger partial charge in [-0.15, -0.1) is 0 Å². The number of carbonyl (C=O) groups excluding carboxylic acids is 2. The van der Waals surface area contributed by atoms with Gasteiger partial charge in [-0.05, 0) is 63.1 Å². The summed E-state index contributed by atoms with van der Waals surface area (Å²) < 4.78 is 16.4. The van der Waals surface area contributed by atoms with Crippen LogP contribution in [0.5, 0.6) is 5.75 Å². The fraction of sp³-hybridized carbons (Fsp3) is 0.619. The standard InChI is InChI=1S/C21H31NO5/c1-5-13-26-18-8-7-16(14-17(18)19(23)25-4)22-20(24)21(27-6-2)11-9-15(3)10-12-21/h7-8,14-15H,5-6,9-13H2,1-4H3,(H,22,24). The van der Waals surface area contributed by atoms with E-state index in [4.69, 9.17) is 14.2 Å². The number of ether oxygens (including phenoxy) is 3. The van der Waals surface area contributed by atoms with Crippen molar-refractivity contribution in [3.63, 3.8) is 0 Å². The van der Waals surface area contributed by atoms with Crippen LogP contribution in [0.3, 0.4) is 0 Å². The second kappa shape index (κ2) is 9.74. The normalized spacial score (nSPS) is 22.1. The monoisotopic (exact) mass is 377 g/mol. The molecule has 2 rings (SSSR count). The lowest BCUT2D eigenvalue weighted by Crippen LogP contribution is -2.48. The minimum absolute atomic E-state index is 0.158. The lowest BCUT2D eigenvalue weighted by atomic mass is 9.78. The Morgan fingerprint density at radius 2 is 1.93 bits per heavy atom. The summed E-state index contributed by atoms with van der Waals surface area (Å²) in [5.74, 6) is 0.400. The zero-order valence-electron chi connectivity index (χ0n) is 16.8. The lowest BCUT2D eigenvalue weighted by Gasteiger charge is -2.37. The van der Waals surface area contributed by atoms with Crippen LogP contribution in [0, 0.1) is 5.92 Å². The van der Waals surface area contributed by atoms with Gasteiger partial charge in [0.2, 0.25) is 0 Å². The molecule has 0 radical (unpaired) electrons. The molecule has 150 valence electrons. The summed E-state index contributed by atoms with van der Waals surface area (Å²) in [4.78, 5) is 25.1. The number of rotatable bonds is 8. The van der Waals surface area contributed by atoms with Crippen molar-refractivity contribution in [1.82, 2.24) is 0 Å². The molecule has 1 aromatic carbocycles. The predicted octanol–water partition coefficient (Wildman–Crippen LogP) is 4.19. The van der Waals surface area contributed by atoms with Crippen molar-refractivity contribution in [2.45, 2.75) is 58.5 Å². The number of esters is 1. The molecule has 6 heteroatoms. The molecule has 0 heterocycles. The molecule has 1 aliphatic carbocycles. The molecule has 0 saturated heterocycles. The summed E-state index contributed by atoms with van der Waals surface area (Å²) in [6, 6.07) is 5.02. The van der Waals surface area contributed by atoms with Crippen molar-refractivity contribution in [3.05, 3.63) is 23.8 Å². The van der Waals surface area contributed by atoms with Gasteiger partial charge in [-0.2, -0.15) is 0 Å². The molecule has 6 nitrogen and oxygen atoms in total. The van der Waals surface area contributed by atoms with E-state index in [0.717, 1.165) is 19.3 Å². The Morgan fingerprint density at radius 1 is 1.22 bits per heavy atom. The zero-order valence-corrected chi connectivity index (χ0v) is 16.8. The highest BCUT2D eigenvalue weighted by molar-refractivity contribution is 5.99. The molecule has 0 spiro atoms. The topological polar surface area (TPSA) is 73.9 Å². The summed E-state index contributed by atoms with van der Waals surface area (Å²) in [7, 11) is 1.32. The quantitative estimate of drug-likeness (QED) is 0.688. The highest BCUT2D eigenvalue weighted by Crippen LogP contribution is 2.36. The van der Waals surface area contributed by atoms with E-state index in [-0.39, 0.29) is 5.91 Å². The average molecular weight is 377 g/mol. The van der Waals surface area contributed by atoms with E-state index >= 15 is 0 Å². The largest absolute Gasteiger partial charge is 0.493 e. The Bertz CT molecular complexity index is 650. The molecule has 27 heavy (non-hydrogen) atoms. The van der Waals surface area contributed by atoms with Crippen molar-refractivity contribution < 1.29 is 23.8 Å². The Hall–Kier alpha value is -2.08. The maximum atomic E-state index is 13.0. The minimum Gasteiger partial charge on any atom is -0.493 e. The highest BCUT2D eigenvalue weighted by atomic mass is 16.5. The summed E-state index contributed by atoms with van der Waals surface area (Å²) in [5, 5.41) is 2.93. The molecule has 0 unspecified atom stereocenters. The van der Waals surface area contributed by atoms with Gasteiger partial charge in [-0.1, -0.05) is 13.8 Å². The van der Waals surface area contributed by atoms with Crippen LogP contribution in [0.2, 0.25) is 0 Å². The van der Waals surface area contributed by atoms with E-state index in [1.807, 2.05) is 13.8 Å². The van der Waals surface area contributed by atoms with Gasteiger partial charge < -0.3 is 19.5 Å². The maximum absolute atomic E-state index is 13.0. The third-order valence-electron chi connectivity index (χ3n) is 5.02. The van der Waals surface area contributed by atoms with Crippen LogP contribution in [0.1, 0.15) is 63.2 Å². The van der Waals surface area contributed by atoms with Crippen LogP contribution in [0.4, 0.5) is 5.69 Å². The summed E-state index contributed by atoms with van der Waals surface area (Å²) in [6.07, 6.45) is 4.16. The molecule has 1 N–H and O–H groups in total. The molecule has 0 aliphatic heterocycles. The van der Waals surface area contributed by atoms with Crippen molar-refractivity contribution in [1.29, 1.82) is 0 Å². The van der Waals surface area contributed by atoms with Gasteiger partial charge in [0.1, 0.15) is 16.9 Å². The van der Waals surface area contributed by atoms with E-state index in [0.29, 0.717) is 49.0 Å². The second-order valence-electron chi connectivity index (χ2n) is 7.11. The number of amides is 1. The molecule has 1 fully saturated rings. The molecular formula is C21H31NO5. The van der Waals surface area contributed by atoms with Gasteiger partial charge in [0, 0.05) is 12.3 Å². The van der Waals surface area contributed by atoms with Gasteiger partial charge in [-0.25, -0.2) is 4.79 Å². The second-order valence-corrected chi connectivity index (χ2v) is 7.11. The third-order valence-corrected chi connectivity index (χ3v) is 5.02. The van der Waals surface area contributed by atoms with E-state index < -0.39 is 11.6 Å². The van der Waals surface area contributed by atoms with E-state index in [1.165, 1.54) is 7.11 Å². The number of hydrogen-bond donors (Lipinski definition) is 1. The number of nitrogens with one attached hydrogen (secondary N) is 1. The number of anilines is 1. The molecule has 1 saturated carbocycles. The number of carbonyl (C=O) groups is 2. The zero-order chi connectivity index (χ0) is 19.9. The first-order valence-electron chi connectivity index (χ1n) is 9.76. The number of hydrogen-bond acceptors (Lipinski definition) is 5. The van der Waals surface area contributed by atoms with Crippen molar-refractivity contribution in [2.75, 3.05) is 25.6 Å². The van der Waals surface area contributed by atoms with Gasteiger partial charge in [0.15, 0.2) is 0 Å². The van der Waals surface area contributed by atoms with Crippen LogP contribution >= 0.6 is 0 Å². The molecule has 0 atom stereocenters. The summed E-state index contributed by atoms with van der Waals surface area (Å²) in [6.45, 7) is 7.08. The molecule has 0 bridgehead atoms. The molecular weight excluding hydrogens is 346 g/mol. The highest BCUT2D eigenvalue weighted by Gasteiger charge is 2.42. The first kappa shape index (κ1) is 21.2. The van der Waals surface area contributed by atoms with Gasteiger partial charge in [0.05, 0.1) is 13.7 Å². The fourth-order valence-electron chi connectivity index (χ4n) is 3.40. The van der Waals surface area contributed by atoms with Gasteiger partial charge >= 0.3 is 5.97 Å². The van der Waals surface area contributed by atoms with Gasteiger partial charge in [-0.3, -0.25) is 4.79 Å². The molecule has 0 aromatic heterocycles. The Kier molecular flexibility index (Phi) is 7.66. The van der Waals surface area contributed by atoms with Crippen molar-refractivity contribution in [2.24, 2.45) is 5.92 Å². The number of methoxy groups -OCH3 is 1. The Balaban J connectivity index is 2.21. The van der Waals surface area contributed by atoms with E-state index in [1.54, 1.807) is 18.2 Å². The molecule has 1 aliphatic rings. The third kappa shape index (κ3) is 5.22. The first-order chi connectivity index (χ1) is 13.0. The first-order valence-corrected chi connectivity index (χ1v) is 9.76. The molecule has 1 amide bonds. The Labute approximate surface area is 161 Å². The van der Waals surface area contributed by atoms with Crippen LogP contribution in [-0.4, -0.2) is 37.8 Å². The van der Waals surface area contributed by atoms with Crippen LogP contribution < -0.4 is 10.1 Å². The van der Waals surface area contributed by atoms with E-state index in [9.17, 15) is 9.59 Å². The van der Waals surface area contributed by atoms with Crippen LogP contribution in [0.25, 0.3) is 0 Å². The van der Waals surface area contributed by atoms with Crippen LogP contribution in [0.15, 0.2) is 18.2 Å². The average Bonchev–Trinajstić information content (AvgIpc) is 2.68. The van der Waals surface area contributed by atoms with Crippen LogP contribution in [-0.2, 0) is 14.3 Å². The molecule has 1 aromatic rings. The SMILES string of the molecule is CCCOc1ccc(NC(=O)C2(OCC)CCC(C)CC2)cc1C(=O)OC. The summed E-state index contributed by atoms with van der Waals surface area (Å²) in [5.41, 5.74) is 0.0257. The van der Waals surface area contributed by atoms with Crippen molar-refractivity contribution >= 4 is 17.6 Å². The maximum Gasteiger partial charge on any atom is 0.341 e. The van der Waals surface area contributed by atoms with Crippen molar-refractivity contribution in [3.8, 4) is 5.75 Å². The Morgan fingerprint density at radius 3 is 2.52 bits per heavy atom. The van der Waals surface area contributed by atoms with E-state index in [2.05, 4.69) is 12.2 Å². The lowest BCUT2D eigenvalue weighted by molar-refractivity contribution is -0.146. The predicted molar refractivity (Wildman–Crippen MR) is 104 cm³/mol.